The minimum Gasteiger partial charge on any atom is -0.480 e. The molecule has 0 amide bonds. The van der Waals surface area contributed by atoms with Gasteiger partial charge in [0.25, 0.3) is 0 Å². The van der Waals surface area contributed by atoms with Crippen LogP contribution in [0.3, 0.4) is 0 Å². The van der Waals surface area contributed by atoms with Crippen LogP contribution >= 0.6 is 0 Å². The van der Waals surface area contributed by atoms with Crippen LogP contribution in [0, 0.1) is 0 Å². The molecule has 0 aromatic heterocycles. The van der Waals surface area contributed by atoms with E-state index in [1.807, 2.05) is 24.3 Å². The number of benzene rings is 1. The van der Waals surface area contributed by atoms with E-state index in [1.54, 1.807) is 5.01 Å². The zero-order valence-corrected chi connectivity index (χ0v) is 13.2. The van der Waals surface area contributed by atoms with Crippen molar-refractivity contribution in [1.82, 2.24) is 5.43 Å². The number of alkyl halides is 1. The van der Waals surface area contributed by atoms with Crippen LogP contribution in [0.5, 0.6) is 0 Å². The zero-order chi connectivity index (χ0) is 17.7. The van der Waals surface area contributed by atoms with E-state index < -0.39 is 24.0 Å². The summed E-state index contributed by atoms with van der Waals surface area (Å²) in [6.07, 6.45) is 1.49. The van der Waals surface area contributed by atoms with Crippen LogP contribution < -0.4 is 16.2 Å². The lowest BCUT2D eigenvalue weighted by molar-refractivity contribution is -0.139. The van der Waals surface area contributed by atoms with Gasteiger partial charge in [-0.2, -0.15) is 0 Å². The van der Waals surface area contributed by atoms with E-state index in [0.717, 1.165) is 11.3 Å². The van der Waals surface area contributed by atoms with E-state index in [0.29, 0.717) is 12.8 Å². The van der Waals surface area contributed by atoms with Gasteiger partial charge in [0.05, 0.1) is 12.4 Å². The summed E-state index contributed by atoms with van der Waals surface area (Å²) in [6, 6.07) is 5.14. The van der Waals surface area contributed by atoms with Gasteiger partial charge in [0.2, 0.25) is 0 Å². The van der Waals surface area contributed by atoms with Gasteiger partial charge in [-0.1, -0.05) is 12.1 Å². The highest BCUT2D eigenvalue weighted by atomic mass is 19.1. The number of hydrazine groups is 1. The first-order valence-electron chi connectivity index (χ1n) is 7.84. The largest absolute Gasteiger partial charge is 0.480 e. The Balaban J connectivity index is 2.14. The molecule has 0 aliphatic carbocycles. The molecule has 1 saturated heterocycles. The first kappa shape index (κ1) is 18.2. The number of hydrogen-bond acceptors (Lipinski definition) is 5. The Morgan fingerprint density at radius 1 is 1.33 bits per heavy atom. The van der Waals surface area contributed by atoms with Gasteiger partial charge in [0.1, 0.15) is 12.1 Å². The number of nitrogens with two attached hydrogens (primary N) is 1. The number of rotatable bonds is 8. The molecule has 1 aliphatic rings. The molecule has 1 heterocycles. The Morgan fingerprint density at radius 2 is 2.00 bits per heavy atom. The van der Waals surface area contributed by atoms with Crippen LogP contribution in [0.1, 0.15) is 24.8 Å². The monoisotopic (exact) mass is 339 g/mol. The fourth-order valence-corrected chi connectivity index (χ4v) is 2.83. The molecule has 8 heteroatoms. The average Bonchev–Trinajstić information content (AvgIpc) is 2.97. The lowest BCUT2D eigenvalue weighted by Gasteiger charge is -2.27. The summed E-state index contributed by atoms with van der Waals surface area (Å²) >= 11 is 0. The minimum atomic E-state index is -1.12. The summed E-state index contributed by atoms with van der Waals surface area (Å²) < 4.78 is 12.2. The normalized spacial score (nSPS) is 21.7. The maximum Gasteiger partial charge on any atom is 0.322 e. The van der Waals surface area contributed by atoms with Crippen molar-refractivity contribution >= 4 is 17.6 Å². The highest BCUT2D eigenvalue weighted by Gasteiger charge is 2.37. The van der Waals surface area contributed by atoms with Crippen molar-refractivity contribution in [1.29, 1.82) is 0 Å². The number of carbonyl (C=O) groups is 2. The van der Waals surface area contributed by atoms with Crippen LogP contribution in [-0.4, -0.2) is 47.0 Å². The van der Waals surface area contributed by atoms with Crippen LogP contribution in [0.25, 0.3) is 0 Å². The third-order valence-corrected chi connectivity index (χ3v) is 4.12. The molecule has 0 bridgehead atoms. The van der Waals surface area contributed by atoms with Gasteiger partial charge in [-0.3, -0.25) is 14.0 Å². The molecule has 1 unspecified atom stereocenters. The minimum absolute atomic E-state index is 0.135. The Labute approximate surface area is 139 Å². The van der Waals surface area contributed by atoms with E-state index >= 15 is 0 Å². The van der Waals surface area contributed by atoms with Crippen molar-refractivity contribution in [2.75, 3.05) is 11.7 Å². The highest BCUT2D eigenvalue weighted by Crippen LogP contribution is 2.26. The molecule has 1 fully saturated rings. The van der Waals surface area contributed by atoms with Gasteiger partial charge < -0.3 is 21.0 Å². The predicted molar refractivity (Wildman–Crippen MR) is 86.4 cm³/mol. The van der Waals surface area contributed by atoms with Gasteiger partial charge in [-0.05, 0) is 43.4 Å². The lowest BCUT2D eigenvalue weighted by Crippen LogP contribution is -2.44. The highest BCUT2D eigenvalue weighted by molar-refractivity contribution is 5.76. The molecule has 0 radical (unpaired) electrons. The number of hydrogen-bond donors (Lipinski definition) is 4. The molecular weight excluding hydrogens is 317 g/mol. The van der Waals surface area contributed by atoms with E-state index in [2.05, 4.69) is 5.43 Å². The topological polar surface area (TPSA) is 116 Å². The summed E-state index contributed by atoms with van der Waals surface area (Å²) in [6.45, 7) is -0.370. The van der Waals surface area contributed by atoms with Crippen molar-refractivity contribution in [3.63, 3.8) is 0 Å². The van der Waals surface area contributed by atoms with E-state index in [-0.39, 0.29) is 25.6 Å². The molecule has 0 saturated carbocycles. The molecule has 24 heavy (non-hydrogen) atoms. The van der Waals surface area contributed by atoms with E-state index in [1.165, 1.54) is 0 Å². The molecular formula is C16H22FN3O4. The number of carboxylic acids is 2. The first-order valence-corrected chi connectivity index (χ1v) is 7.84. The Bertz CT molecular complexity index is 581. The van der Waals surface area contributed by atoms with Crippen LogP contribution in [0.15, 0.2) is 24.3 Å². The molecule has 1 aromatic rings. The molecule has 7 nitrogen and oxygen atoms in total. The third-order valence-electron chi connectivity index (χ3n) is 4.12. The molecule has 3 atom stereocenters. The smallest absolute Gasteiger partial charge is 0.322 e. The van der Waals surface area contributed by atoms with Crippen LogP contribution in [0.2, 0.25) is 0 Å². The summed E-state index contributed by atoms with van der Waals surface area (Å²) in [5.41, 5.74) is 10.2. The molecule has 2 rings (SSSR count). The van der Waals surface area contributed by atoms with Gasteiger partial charge in [-0.25, -0.2) is 5.43 Å². The van der Waals surface area contributed by atoms with Crippen molar-refractivity contribution in [3.8, 4) is 0 Å². The Morgan fingerprint density at radius 3 is 2.54 bits per heavy atom. The number of nitrogens with one attached hydrogen (secondary N) is 1. The second-order valence-electron chi connectivity index (χ2n) is 5.92. The third kappa shape index (κ3) is 4.42. The Hall–Kier alpha value is -2.19. The number of anilines is 1. The fourth-order valence-electron chi connectivity index (χ4n) is 2.83. The fraction of sp³-hybridized carbons (Fsp3) is 0.500. The van der Waals surface area contributed by atoms with Crippen molar-refractivity contribution in [2.24, 2.45) is 5.73 Å². The van der Waals surface area contributed by atoms with Gasteiger partial charge in [0, 0.05) is 6.04 Å². The number of halogens is 1. The lowest BCUT2D eigenvalue weighted by atomic mass is 10.0. The standard InChI is InChI=1S/C16H22FN3O4/c17-7-1-2-10-3-5-11(6-4-10)20-12(8-13(18)15(21)22)9-14(19-20)16(23)24/h3-6,12-14,19H,1-2,7-9,18H2,(H,21,22)(H,23,24)/t12-,13+,14?/m0/s1. The molecule has 132 valence electrons. The maximum atomic E-state index is 12.2. The van der Waals surface area contributed by atoms with Gasteiger partial charge in [0.15, 0.2) is 0 Å². The molecule has 1 aromatic carbocycles. The number of aryl methyl sites for hydroxylation is 1. The van der Waals surface area contributed by atoms with Gasteiger partial charge >= 0.3 is 11.9 Å². The predicted octanol–water partition coefficient (Wildman–Crippen LogP) is 0.927. The van der Waals surface area contributed by atoms with Crippen LogP contribution in [-0.2, 0) is 16.0 Å². The summed E-state index contributed by atoms with van der Waals surface area (Å²) in [7, 11) is 0. The number of nitrogens with zero attached hydrogens (tertiary/aromatic N) is 1. The van der Waals surface area contributed by atoms with E-state index in [9.17, 15) is 19.1 Å². The molecule has 5 N–H and O–H groups in total. The van der Waals surface area contributed by atoms with Crippen LogP contribution in [0.4, 0.5) is 10.1 Å². The first-order chi connectivity index (χ1) is 11.4. The second-order valence-corrected chi connectivity index (χ2v) is 5.92. The average molecular weight is 339 g/mol. The summed E-state index contributed by atoms with van der Waals surface area (Å²) in [5.74, 6) is -2.11. The summed E-state index contributed by atoms with van der Waals surface area (Å²) in [4.78, 5) is 22.2. The van der Waals surface area contributed by atoms with Gasteiger partial charge in [-0.15, -0.1) is 0 Å². The maximum absolute atomic E-state index is 12.2. The quantitative estimate of drug-likeness (QED) is 0.557. The van der Waals surface area contributed by atoms with Crippen molar-refractivity contribution in [2.45, 2.75) is 43.8 Å². The number of aliphatic carboxylic acids is 2. The molecule has 0 spiro atoms. The second kappa shape index (κ2) is 8.07. The summed E-state index contributed by atoms with van der Waals surface area (Å²) in [5, 5.41) is 19.9. The number of carboxylic acid groups (broad SMARTS) is 2. The molecule has 1 aliphatic heterocycles. The van der Waals surface area contributed by atoms with Crippen molar-refractivity contribution < 1.29 is 24.2 Å². The Kier molecular flexibility index (Phi) is 6.10. The van der Waals surface area contributed by atoms with Crippen molar-refractivity contribution in [3.05, 3.63) is 29.8 Å². The van der Waals surface area contributed by atoms with E-state index in [4.69, 9.17) is 10.8 Å². The SMILES string of the molecule is N[C@H](C[C@H]1CC(C(=O)O)NN1c1ccc(CCCF)cc1)C(=O)O. The zero-order valence-electron chi connectivity index (χ0n) is 13.2.